The van der Waals surface area contributed by atoms with Crippen LogP contribution in [0, 0.1) is 0 Å². The van der Waals surface area contributed by atoms with Gasteiger partial charge in [-0.15, -0.1) is 0 Å². The predicted molar refractivity (Wildman–Crippen MR) is 73.6 cm³/mol. The number of benzene rings is 1. The van der Waals surface area contributed by atoms with Crippen molar-refractivity contribution in [1.29, 1.82) is 0 Å². The van der Waals surface area contributed by atoms with Crippen molar-refractivity contribution in [3.05, 3.63) is 23.8 Å². The maximum atomic E-state index is 5.45. The Morgan fingerprint density at radius 2 is 2.06 bits per heavy atom. The summed E-state index contributed by atoms with van der Waals surface area (Å²) in [4.78, 5) is 0. The summed E-state index contributed by atoms with van der Waals surface area (Å²) in [6.45, 7) is 3.33. The highest BCUT2D eigenvalue weighted by molar-refractivity contribution is 5.42. The molecule has 1 N–H and O–H groups in total. The molecule has 3 nitrogen and oxygen atoms in total. The predicted octanol–water partition coefficient (Wildman–Crippen LogP) is 2.95. The summed E-state index contributed by atoms with van der Waals surface area (Å²) < 4.78 is 10.7. The first-order valence-corrected chi connectivity index (χ1v) is 6.70. The summed E-state index contributed by atoms with van der Waals surface area (Å²) in [5, 5.41) is 3.55. The second kappa shape index (κ2) is 6.10. The molecular formula is C15H23NO2. The Balaban J connectivity index is 1.96. The molecule has 1 aliphatic rings. The Hall–Kier alpha value is -1.22. The van der Waals surface area contributed by atoms with Crippen molar-refractivity contribution < 1.29 is 9.47 Å². The SMILES string of the molecule is COc1ccc(C(C)CCNC2CC2)c(OC)c1. The summed E-state index contributed by atoms with van der Waals surface area (Å²) in [7, 11) is 3.39. The molecule has 1 aromatic rings. The highest BCUT2D eigenvalue weighted by Gasteiger charge is 2.20. The average molecular weight is 249 g/mol. The normalized spacial score (nSPS) is 16.4. The van der Waals surface area contributed by atoms with Crippen LogP contribution in [0.3, 0.4) is 0 Å². The quantitative estimate of drug-likeness (QED) is 0.806. The molecule has 0 aromatic heterocycles. The molecule has 0 heterocycles. The van der Waals surface area contributed by atoms with Gasteiger partial charge in [-0.2, -0.15) is 0 Å². The van der Waals surface area contributed by atoms with E-state index in [1.165, 1.54) is 18.4 Å². The van der Waals surface area contributed by atoms with Crippen molar-refractivity contribution in [2.45, 2.75) is 38.1 Å². The molecule has 1 fully saturated rings. The number of hydrogen-bond donors (Lipinski definition) is 1. The maximum Gasteiger partial charge on any atom is 0.126 e. The monoisotopic (exact) mass is 249 g/mol. The summed E-state index contributed by atoms with van der Waals surface area (Å²) in [6, 6.07) is 6.86. The minimum atomic E-state index is 0.497. The summed E-state index contributed by atoms with van der Waals surface area (Å²) in [5.74, 6) is 2.27. The number of ether oxygens (including phenoxy) is 2. The van der Waals surface area contributed by atoms with Crippen LogP contribution < -0.4 is 14.8 Å². The third kappa shape index (κ3) is 3.39. The molecule has 1 atom stereocenters. The third-order valence-electron chi connectivity index (χ3n) is 3.56. The molecule has 1 aliphatic carbocycles. The van der Waals surface area contributed by atoms with Crippen molar-refractivity contribution >= 4 is 0 Å². The van der Waals surface area contributed by atoms with E-state index in [1.54, 1.807) is 14.2 Å². The van der Waals surface area contributed by atoms with Crippen LogP contribution in [0.2, 0.25) is 0 Å². The van der Waals surface area contributed by atoms with E-state index in [4.69, 9.17) is 9.47 Å². The highest BCUT2D eigenvalue weighted by Crippen LogP contribution is 2.32. The molecule has 0 saturated heterocycles. The van der Waals surface area contributed by atoms with E-state index in [-0.39, 0.29) is 0 Å². The molecule has 1 aromatic carbocycles. The van der Waals surface area contributed by atoms with Gasteiger partial charge in [0.15, 0.2) is 0 Å². The first kappa shape index (κ1) is 13.2. The van der Waals surface area contributed by atoms with Gasteiger partial charge in [-0.3, -0.25) is 0 Å². The molecule has 100 valence electrons. The highest BCUT2D eigenvalue weighted by atomic mass is 16.5. The van der Waals surface area contributed by atoms with Crippen LogP contribution in [-0.4, -0.2) is 26.8 Å². The minimum absolute atomic E-state index is 0.497. The first-order chi connectivity index (χ1) is 8.74. The van der Waals surface area contributed by atoms with Crippen LogP contribution in [0.4, 0.5) is 0 Å². The standard InChI is InChI=1S/C15H23NO2/c1-11(8-9-16-12-4-5-12)14-7-6-13(17-2)10-15(14)18-3/h6-7,10-12,16H,4-5,8-9H2,1-3H3. The first-order valence-electron chi connectivity index (χ1n) is 6.70. The van der Waals surface area contributed by atoms with E-state index in [2.05, 4.69) is 18.3 Å². The summed E-state index contributed by atoms with van der Waals surface area (Å²) in [6.07, 6.45) is 3.83. The van der Waals surface area contributed by atoms with Crippen molar-refractivity contribution in [2.24, 2.45) is 0 Å². The molecular weight excluding hydrogens is 226 g/mol. The smallest absolute Gasteiger partial charge is 0.126 e. The fourth-order valence-corrected chi connectivity index (χ4v) is 2.17. The van der Waals surface area contributed by atoms with Crippen LogP contribution in [0.1, 0.15) is 37.7 Å². The Morgan fingerprint density at radius 3 is 2.67 bits per heavy atom. The van der Waals surface area contributed by atoms with Gasteiger partial charge in [0.25, 0.3) is 0 Å². The van der Waals surface area contributed by atoms with Gasteiger partial charge in [-0.05, 0) is 43.4 Å². The van der Waals surface area contributed by atoms with E-state index < -0.39 is 0 Å². The molecule has 2 rings (SSSR count). The van der Waals surface area contributed by atoms with Crippen molar-refractivity contribution in [3.63, 3.8) is 0 Å². The number of nitrogens with one attached hydrogen (secondary N) is 1. The average Bonchev–Trinajstić information content (AvgIpc) is 3.21. The molecule has 0 bridgehead atoms. The molecule has 0 spiro atoms. The maximum absolute atomic E-state index is 5.45. The van der Waals surface area contributed by atoms with E-state index in [0.717, 1.165) is 30.5 Å². The van der Waals surface area contributed by atoms with Gasteiger partial charge in [0.05, 0.1) is 14.2 Å². The van der Waals surface area contributed by atoms with E-state index in [1.807, 2.05) is 12.1 Å². The molecule has 0 amide bonds. The number of hydrogen-bond acceptors (Lipinski definition) is 3. The van der Waals surface area contributed by atoms with Gasteiger partial charge >= 0.3 is 0 Å². The van der Waals surface area contributed by atoms with Crippen molar-refractivity contribution in [3.8, 4) is 11.5 Å². The molecule has 0 radical (unpaired) electrons. The number of rotatable bonds is 7. The Kier molecular flexibility index (Phi) is 4.48. The number of methoxy groups -OCH3 is 2. The Morgan fingerprint density at radius 1 is 1.28 bits per heavy atom. The minimum Gasteiger partial charge on any atom is -0.497 e. The zero-order valence-electron chi connectivity index (χ0n) is 11.5. The fourth-order valence-electron chi connectivity index (χ4n) is 2.17. The van der Waals surface area contributed by atoms with Crippen LogP contribution in [0.5, 0.6) is 11.5 Å². The van der Waals surface area contributed by atoms with Gasteiger partial charge in [-0.25, -0.2) is 0 Å². The molecule has 3 heteroatoms. The van der Waals surface area contributed by atoms with Gasteiger partial charge in [0.2, 0.25) is 0 Å². The van der Waals surface area contributed by atoms with E-state index in [0.29, 0.717) is 5.92 Å². The van der Waals surface area contributed by atoms with E-state index in [9.17, 15) is 0 Å². The van der Waals surface area contributed by atoms with Gasteiger partial charge in [0, 0.05) is 12.1 Å². The zero-order chi connectivity index (χ0) is 13.0. The van der Waals surface area contributed by atoms with Crippen LogP contribution >= 0.6 is 0 Å². The van der Waals surface area contributed by atoms with Gasteiger partial charge in [-0.1, -0.05) is 13.0 Å². The molecule has 18 heavy (non-hydrogen) atoms. The molecule has 1 saturated carbocycles. The third-order valence-corrected chi connectivity index (χ3v) is 3.56. The summed E-state index contributed by atoms with van der Waals surface area (Å²) in [5.41, 5.74) is 1.26. The lowest BCUT2D eigenvalue weighted by molar-refractivity contribution is 0.388. The Labute approximate surface area is 109 Å². The lowest BCUT2D eigenvalue weighted by Gasteiger charge is -2.16. The fraction of sp³-hybridized carbons (Fsp3) is 0.600. The Bertz CT molecular complexity index is 388. The van der Waals surface area contributed by atoms with Gasteiger partial charge in [0.1, 0.15) is 11.5 Å². The van der Waals surface area contributed by atoms with Crippen molar-refractivity contribution in [2.75, 3.05) is 20.8 Å². The van der Waals surface area contributed by atoms with Crippen molar-refractivity contribution in [1.82, 2.24) is 5.32 Å². The second-order valence-corrected chi connectivity index (χ2v) is 5.03. The van der Waals surface area contributed by atoms with E-state index >= 15 is 0 Å². The lowest BCUT2D eigenvalue weighted by Crippen LogP contribution is -2.19. The second-order valence-electron chi connectivity index (χ2n) is 5.03. The zero-order valence-corrected chi connectivity index (χ0v) is 11.5. The van der Waals surface area contributed by atoms with Gasteiger partial charge < -0.3 is 14.8 Å². The molecule has 1 unspecified atom stereocenters. The summed E-state index contributed by atoms with van der Waals surface area (Å²) >= 11 is 0. The molecule has 0 aliphatic heterocycles. The van der Waals surface area contributed by atoms with Crippen LogP contribution in [0.25, 0.3) is 0 Å². The largest absolute Gasteiger partial charge is 0.497 e. The van der Waals surface area contributed by atoms with Crippen LogP contribution in [-0.2, 0) is 0 Å². The van der Waals surface area contributed by atoms with Crippen LogP contribution in [0.15, 0.2) is 18.2 Å². The topological polar surface area (TPSA) is 30.5 Å². The lowest BCUT2D eigenvalue weighted by atomic mass is 9.96.